The first-order valence-corrected chi connectivity index (χ1v) is 11.2. The molecule has 8 heteroatoms. The number of nitrogens with zero attached hydrogens (tertiary/aromatic N) is 3. The van der Waals surface area contributed by atoms with E-state index in [4.69, 9.17) is 4.74 Å². The van der Waals surface area contributed by atoms with Crippen LogP contribution in [0.4, 0.5) is 4.39 Å². The van der Waals surface area contributed by atoms with E-state index in [0.717, 1.165) is 42.2 Å². The average Bonchev–Trinajstić information content (AvgIpc) is 3.19. The molecule has 178 valence electrons. The van der Waals surface area contributed by atoms with Crippen LogP contribution in [0.1, 0.15) is 42.6 Å². The molecule has 4 rings (SSSR count). The lowest BCUT2D eigenvalue weighted by Crippen LogP contribution is -2.50. The van der Waals surface area contributed by atoms with Crippen LogP contribution in [-0.2, 0) is 22.6 Å². The van der Waals surface area contributed by atoms with Crippen molar-refractivity contribution in [3.63, 3.8) is 0 Å². The van der Waals surface area contributed by atoms with Gasteiger partial charge in [0.2, 0.25) is 5.91 Å². The molecule has 2 heterocycles. The largest absolute Gasteiger partial charge is 0.367 e. The summed E-state index contributed by atoms with van der Waals surface area (Å²) in [5.41, 5.74) is 3.25. The smallest absolute Gasteiger partial charge is 0.222 e. The molecular formula is C25H32FIN4O2. The number of halogens is 2. The van der Waals surface area contributed by atoms with Gasteiger partial charge in [0.05, 0.1) is 12.6 Å². The van der Waals surface area contributed by atoms with E-state index in [1.165, 1.54) is 12.1 Å². The Hall–Kier alpha value is -2.20. The fourth-order valence-electron chi connectivity index (χ4n) is 4.43. The van der Waals surface area contributed by atoms with Crippen LogP contribution in [0.25, 0.3) is 0 Å². The van der Waals surface area contributed by atoms with Crippen molar-refractivity contribution in [2.75, 3.05) is 26.7 Å². The van der Waals surface area contributed by atoms with E-state index in [1.54, 1.807) is 19.2 Å². The van der Waals surface area contributed by atoms with Gasteiger partial charge in [-0.25, -0.2) is 4.39 Å². The molecule has 0 saturated carbocycles. The number of likely N-dealkylation sites (tertiary alicyclic amines) is 1. The Morgan fingerprint density at radius 2 is 1.94 bits per heavy atom. The number of carbonyl (C=O) groups is 1. The zero-order valence-corrected chi connectivity index (χ0v) is 21.5. The highest BCUT2D eigenvalue weighted by atomic mass is 127. The molecule has 2 saturated heterocycles. The predicted octanol–water partition coefficient (Wildman–Crippen LogP) is 4.10. The molecule has 0 bridgehead atoms. The highest BCUT2D eigenvalue weighted by Gasteiger charge is 2.28. The van der Waals surface area contributed by atoms with Crippen molar-refractivity contribution in [1.82, 2.24) is 15.1 Å². The van der Waals surface area contributed by atoms with Gasteiger partial charge in [0.15, 0.2) is 5.96 Å². The Labute approximate surface area is 212 Å². The molecule has 0 spiro atoms. The van der Waals surface area contributed by atoms with Crippen LogP contribution in [-0.4, -0.2) is 54.5 Å². The van der Waals surface area contributed by atoms with E-state index in [0.29, 0.717) is 26.1 Å². The number of nitrogens with one attached hydrogen (secondary N) is 1. The summed E-state index contributed by atoms with van der Waals surface area (Å²) in [6.45, 7) is 5.57. The lowest BCUT2D eigenvalue weighted by molar-refractivity contribution is -0.128. The Bertz CT molecular complexity index is 969. The maximum absolute atomic E-state index is 13.3. The van der Waals surface area contributed by atoms with Gasteiger partial charge in [-0.15, -0.1) is 24.0 Å². The second-order valence-corrected chi connectivity index (χ2v) is 8.53. The quantitative estimate of drug-likeness (QED) is 0.337. The third-order valence-electron chi connectivity index (χ3n) is 6.00. The Morgan fingerprint density at radius 3 is 2.64 bits per heavy atom. The van der Waals surface area contributed by atoms with Crippen LogP contribution in [0.3, 0.4) is 0 Å². The number of morpholine rings is 1. The SMILES string of the molecule is CN=C(NCc1cccc(CN2CCCC2=O)c1)N1CC(C)OC(c2ccc(F)cc2)C1.I. The lowest BCUT2D eigenvalue weighted by atomic mass is 10.1. The Balaban J connectivity index is 0.00000306. The lowest BCUT2D eigenvalue weighted by Gasteiger charge is -2.38. The number of hydrogen-bond donors (Lipinski definition) is 1. The molecule has 2 aliphatic heterocycles. The topological polar surface area (TPSA) is 57.2 Å². The van der Waals surface area contributed by atoms with Gasteiger partial charge in [0, 0.05) is 39.6 Å². The van der Waals surface area contributed by atoms with Crippen molar-refractivity contribution < 1.29 is 13.9 Å². The summed E-state index contributed by atoms with van der Waals surface area (Å²) in [6, 6.07) is 14.8. The third kappa shape index (κ3) is 6.66. The van der Waals surface area contributed by atoms with Gasteiger partial charge in [0.1, 0.15) is 11.9 Å². The van der Waals surface area contributed by atoms with Crippen LogP contribution in [0.15, 0.2) is 53.5 Å². The molecule has 2 unspecified atom stereocenters. The minimum atomic E-state index is -0.247. The van der Waals surface area contributed by atoms with E-state index in [2.05, 4.69) is 33.4 Å². The van der Waals surface area contributed by atoms with Crippen molar-refractivity contribution in [2.24, 2.45) is 4.99 Å². The van der Waals surface area contributed by atoms with Gasteiger partial charge in [-0.2, -0.15) is 0 Å². The van der Waals surface area contributed by atoms with Crippen molar-refractivity contribution in [3.8, 4) is 0 Å². The first-order valence-electron chi connectivity index (χ1n) is 11.2. The van der Waals surface area contributed by atoms with E-state index < -0.39 is 0 Å². The van der Waals surface area contributed by atoms with E-state index >= 15 is 0 Å². The fraction of sp³-hybridized carbons (Fsp3) is 0.440. The van der Waals surface area contributed by atoms with Gasteiger partial charge in [-0.1, -0.05) is 36.4 Å². The van der Waals surface area contributed by atoms with Gasteiger partial charge in [-0.05, 0) is 42.2 Å². The molecule has 1 amide bonds. The van der Waals surface area contributed by atoms with Gasteiger partial charge < -0.3 is 19.9 Å². The number of amides is 1. The van der Waals surface area contributed by atoms with E-state index in [1.807, 2.05) is 17.9 Å². The zero-order chi connectivity index (χ0) is 22.5. The predicted molar refractivity (Wildman–Crippen MR) is 138 cm³/mol. The summed E-state index contributed by atoms with van der Waals surface area (Å²) in [7, 11) is 1.78. The summed E-state index contributed by atoms with van der Waals surface area (Å²) in [5.74, 6) is 0.807. The fourth-order valence-corrected chi connectivity index (χ4v) is 4.43. The molecule has 0 aliphatic carbocycles. The second kappa shape index (κ2) is 11.8. The highest BCUT2D eigenvalue weighted by molar-refractivity contribution is 14.0. The average molecular weight is 566 g/mol. The van der Waals surface area contributed by atoms with Crippen molar-refractivity contribution in [2.45, 2.75) is 45.1 Å². The van der Waals surface area contributed by atoms with Gasteiger partial charge in [-0.3, -0.25) is 9.79 Å². The third-order valence-corrected chi connectivity index (χ3v) is 6.00. The van der Waals surface area contributed by atoms with Crippen LogP contribution in [0.2, 0.25) is 0 Å². The summed E-state index contributed by atoms with van der Waals surface area (Å²) < 4.78 is 19.4. The number of guanidine groups is 1. The van der Waals surface area contributed by atoms with Crippen LogP contribution in [0, 0.1) is 5.82 Å². The summed E-state index contributed by atoms with van der Waals surface area (Å²) in [5, 5.41) is 3.47. The number of carbonyl (C=O) groups excluding carboxylic acids is 1. The standard InChI is InChI=1S/C25H31FN4O2.HI/c1-18-15-30(17-23(32-18)21-8-10-22(26)11-9-21)25(27-2)28-14-19-5-3-6-20(13-19)16-29-12-4-7-24(29)31;/h3,5-6,8-11,13,18,23H,4,7,12,14-17H2,1-2H3,(H,27,28);1H. The Morgan fingerprint density at radius 1 is 1.18 bits per heavy atom. The number of aliphatic imine (C=N–C) groups is 1. The minimum absolute atomic E-state index is 0. The second-order valence-electron chi connectivity index (χ2n) is 8.53. The number of ether oxygens (including phenoxy) is 1. The molecule has 6 nitrogen and oxygen atoms in total. The molecule has 2 atom stereocenters. The molecule has 2 aromatic carbocycles. The van der Waals surface area contributed by atoms with Crippen LogP contribution in [0.5, 0.6) is 0 Å². The van der Waals surface area contributed by atoms with Crippen molar-refractivity contribution >= 4 is 35.8 Å². The number of rotatable bonds is 5. The maximum Gasteiger partial charge on any atom is 0.222 e. The molecule has 0 aromatic heterocycles. The Kier molecular flexibility index (Phi) is 9.08. The van der Waals surface area contributed by atoms with E-state index in [-0.39, 0.29) is 47.9 Å². The molecule has 1 N–H and O–H groups in total. The molecule has 2 fully saturated rings. The summed E-state index contributed by atoms with van der Waals surface area (Å²) >= 11 is 0. The monoisotopic (exact) mass is 566 g/mol. The van der Waals surface area contributed by atoms with Gasteiger partial charge >= 0.3 is 0 Å². The van der Waals surface area contributed by atoms with Crippen molar-refractivity contribution in [3.05, 3.63) is 71.0 Å². The van der Waals surface area contributed by atoms with Gasteiger partial charge in [0.25, 0.3) is 0 Å². The van der Waals surface area contributed by atoms with Crippen molar-refractivity contribution in [1.29, 1.82) is 0 Å². The maximum atomic E-state index is 13.3. The molecular weight excluding hydrogens is 534 g/mol. The number of benzene rings is 2. The first kappa shape index (κ1) is 25.4. The van der Waals surface area contributed by atoms with Crippen LogP contribution < -0.4 is 5.32 Å². The highest BCUT2D eigenvalue weighted by Crippen LogP contribution is 2.25. The summed E-state index contributed by atoms with van der Waals surface area (Å²) in [6.07, 6.45) is 1.50. The summed E-state index contributed by atoms with van der Waals surface area (Å²) in [4.78, 5) is 20.5. The van der Waals surface area contributed by atoms with E-state index in [9.17, 15) is 9.18 Å². The number of hydrogen-bond acceptors (Lipinski definition) is 3. The zero-order valence-electron chi connectivity index (χ0n) is 19.2. The first-order chi connectivity index (χ1) is 15.5. The van der Waals surface area contributed by atoms with Crippen LogP contribution >= 0.6 is 24.0 Å². The molecule has 2 aromatic rings. The molecule has 33 heavy (non-hydrogen) atoms. The normalized spacial score (nSPS) is 21.2. The minimum Gasteiger partial charge on any atom is -0.367 e. The molecule has 0 radical (unpaired) electrons. The molecule has 2 aliphatic rings.